The Labute approximate surface area is 122 Å². The van der Waals surface area contributed by atoms with E-state index in [0.717, 1.165) is 11.4 Å². The maximum atomic E-state index is 6.13. The molecule has 2 aromatic rings. The Morgan fingerprint density at radius 2 is 2.00 bits per heavy atom. The van der Waals surface area contributed by atoms with Gasteiger partial charge in [-0.25, -0.2) is 0 Å². The van der Waals surface area contributed by atoms with Crippen LogP contribution in [0.1, 0.15) is 6.92 Å². The van der Waals surface area contributed by atoms with Crippen molar-refractivity contribution in [3.05, 3.63) is 46.4 Å². The average molecular weight is 297 g/mol. The zero-order valence-electron chi connectivity index (χ0n) is 10.4. The predicted octanol–water partition coefficient (Wildman–Crippen LogP) is 4.72. The van der Waals surface area contributed by atoms with Gasteiger partial charge in [-0.15, -0.1) is 0 Å². The van der Waals surface area contributed by atoms with E-state index in [2.05, 4.69) is 5.32 Å². The van der Waals surface area contributed by atoms with E-state index >= 15 is 0 Å². The standard InChI is InChI=1S/C14H14Cl2N2O/c1-2-19-11-7-9(17)6-10(8-11)18-13-5-3-4-12(15)14(13)16/h3-8,18H,2,17H2,1H3. The van der Waals surface area contributed by atoms with Gasteiger partial charge in [0.1, 0.15) is 5.75 Å². The first-order valence-electron chi connectivity index (χ1n) is 5.84. The summed E-state index contributed by atoms with van der Waals surface area (Å²) in [5.74, 6) is 0.711. The Morgan fingerprint density at radius 3 is 2.74 bits per heavy atom. The van der Waals surface area contributed by atoms with Crippen molar-refractivity contribution in [2.75, 3.05) is 17.7 Å². The monoisotopic (exact) mass is 296 g/mol. The van der Waals surface area contributed by atoms with Crippen molar-refractivity contribution in [1.29, 1.82) is 0 Å². The minimum absolute atomic E-state index is 0.476. The topological polar surface area (TPSA) is 47.3 Å². The highest BCUT2D eigenvalue weighted by molar-refractivity contribution is 6.43. The molecule has 0 saturated carbocycles. The van der Waals surface area contributed by atoms with Gasteiger partial charge >= 0.3 is 0 Å². The van der Waals surface area contributed by atoms with E-state index in [9.17, 15) is 0 Å². The number of nitrogens with two attached hydrogens (primary N) is 1. The molecule has 19 heavy (non-hydrogen) atoms. The molecular weight excluding hydrogens is 283 g/mol. The minimum Gasteiger partial charge on any atom is -0.494 e. The summed E-state index contributed by atoms with van der Waals surface area (Å²) >= 11 is 12.1. The van der Waals surface area contributed by atoms with E-state index in [-0.39, 0.29) is 0 Å². The van der Waals surface area contributed by atoms with Crippen LogP contribution in [0.4, 0.5) is 17.1 Å². The van der Waals surface area contributed by atoms with Crippen LogP contribution in [0.15, 0.2) is 36.4 Å². The maximum absolute atomic E-state index is 6.13. The van der Waals surface area contributed by atoms with Crippen molar-refractivity contribution >= 4 is 40.3 Å². The number of hydrogen-bond acceptors (Lipinski definition) is 3. The van der Waals surface area contributed by atoms with Crippen LogP contribution in [-0.2, 0) is 0 Å². The van der Waals surface area contributed by atoms with E-state index in [4.69, 9.17) is 33.7 Å². The SMILES string of the molecule is CCOc1cc(N)cc(Nc2cccc(Cl)c2Cl)c1. The molecule has 0 saturated heterocycles. The van der Waals surface area contributed by atoms with Gasteiger partial charge in [-0.05, 0) is 25.1 Å². The van der Waals surface area contributed by atoms with Gasteiger partial charge in [-0.3, -0.25) is 0 Å². The van der Waals surface area contributed by atoms with Crippen molar-refractivity contribution in [2.45, 2.75) is 6.92 Å². The zero-order valence-corrected chi connectivity index (χ0v) is 11.9. The van der Waals surface area contributed by atoms with Crippen LogP contribution in [0.2, 0.25) is 10.0 Å². The lowest BCUT2D eigenvalue weighted by molar-refractivity contribution is 0.340. The molecule has 0 unspecified atom stereocenters. The summed E-state index contributed by atoms with van der Waals surface area (Å²) in [6.07, 6.45) is 0. The van der Waals surface area contributed by atoms with Crippen molar-refractivity contribution < 1.29 is 4.74 Å². The molecular formula is C14H14Cl2N2O. The summed E-state index contributed by atoms with van der Waals surface area (Å²) in [7, 11) is 0. The number of hydrogen-bond donors (Lipinski definition) is 2. The fraction of sp³-hybridized carbons (Fsp3) is 0.143. The molecule has 0 amide bonds. The third kappa shape index (κ3) is 3.46. The Bertz CT molecular complexity index is 588. The Hall–Kier alpha value is -1.58. The van der Waals surface area contributed by atoms with Crippen molar-refractivity contribution in [3.63, 3.8) is 0 Å². The molecule has 5 heteroatoms. The second kappa shape index (κ2) is 6.04. The van der Waals surface area contributed by atoms with E-state index in [0.29, 0.717) is 28.1 Å². The molecule has 0 aromatic heterocycles. The molecule has 0 atom stereocenters. The number of anilines is 3. The molecule has 0 aliphatic rings. The molecule has 3 N–H and O–H groups in total. The van der Waals surface area contributed by atoms with Gasteiger partial charge in [0.25, 0.3) is 0 Å². The van der Waals surface area contributed by atoms with Gasteiger partial charge in [-0.1, -0.05) is 29.3 Å². The van der Waals surface area contributed by atoms with Gasteiger partial charge < -0.3 is 15.8 Å². The molecule has 2 aromatic carbocycles. The summed E-state index contributed by atoms with van der Waals surface area (Å²) < 4.78 is 5.44. The molecule has 0 heterocycles. The number of nitrogen functional groups attached to an aromatic ring is 1. The van der Waals surface area contributed by atoms with Crippen LogP contribution in [-0.4, -0.2) is 6.61 Å². The van der Waals surface area contributed by atoms with Gasteiger partial charge in [0.05, 0.1) is 22.3 Å². The van der Waals surface area contributed by atoms with Gasteiger partial charge in [0.15, 0.2) is 0 Å². The molecule has 0 bridgehead atoms. The van der Waals surface area contributed by atoms with Crippen LogP contribution < -0.4 is 15.8 Å². The first-order valence-corrected chi connectivity index (χ1v) is 6.60. The second-order valence-corrected chi connectivity index (χ2v) is 4.74. The third-order valence-corrected chi connectivity index (χ3v) is 3.29. The lowest BCUT2D eigenvalue weighted by Crippen LogP contribution is -1.97. The lowest BCUT2D eigenvalue weighted by Gasteiger charge is -2.12. The number of nitrogens with one attached hydrogen (secondary N) is 1. The van der Waals surface area contributed by atoms with Crippen LogP contribution in [0.25, 0.3) is 0 Å². The van der Waals surface area contributed by atoms with E-state index in [1.807, 2.05) is 25.1 Å². The smallest absolute Gasteiger partial charge is 0.123 e. The second-order valence-electron chi connectivity index (χ2n) is 3.95. The summed E-state index contributed by atoms with van der Waals surface area (Å²) in [5, 5.41) is 4.15. The molecule has 0 radical (unpaired) electrons. The van der Waals surface area contributed by atoms with Crippen molar-refractivity contribution in [3.8, 4) is 5.75 Å². The largest absolute Gasteiger partial charge is 0.494 e. The van der Waals surface area contributed by atoms with E-state index < -0.39 is 0 Å². The molecule has 0 aliphatic heterocycles. The molecule has 0 spiro atoms. The Balaban J connectivity index is 2.30. The number of benzene rings is 2. The highest BCUT2D eigenvalue weighted by atomic mass is 35.5. The van der Waals surface area contributed by atoms with E-state index in [1.54, 1.807) is 18.2 Å². The molecule has 0 aliphatic carbocycles. The zero-order chi connectivity index (χ0) is 13.8. The van der Waals surface area contributed by atoms with E-state index in [1.165, 1.54) is 0 Å². The Kier molecular flexibility index (Phi) is 4.40. The highest BCUT2D eigenvalue weighted by Crippen LogP contribution is 2.33. The highest BCUT2D eigenvalue weighted by Gasteiger charge is 2.06. The van der Waals surface area contributed by atoms with Crippen LogP contribution in [0, 0.1) is 0 Å². The van der Waals surface area contributed by atoms with Gasteiger partial charge in [0.2, 0.25) is 0 Å². The predicted molar refractivity (Wildman–Crippen MR) is 81.8 cm³/mol. The number of halogens is 2. The Morgan fingerprint density at radius 1 is 1.21 bits per heavy atom. The fourth-order valence-corrected chi connectivity index (χ4v) is 2.05. The lowest BCUT2D eigenvalue weighted by atomic mass is 10.2. The minimum atomic E-state index is 0.476. The quantitative estimate of drug-likeness (QED) is 0.803. The number of rotatable bonds is 4. The first-order chi connectivity index (χ1) is 9.10. The van der Waals surface area contributed by atoms with Crippen molar-refractivity contribution in [1.82, 2.24) is 0 Å². The fourth-order valence-electron chi connectivity index (χ4n) is 1.70. The maximum Gasteiger partial charge on any atom is 0.123 e. The molecule has 3 nitrogen and oxygen atoms in total. The first kappa shape index (κ1) is 13.8. The summed E-state index contributed by atoms with van der Waals surface area (Å²) in [4.78, 5) is 0. The van der Waals surface area contributed by atoms with Gasteiger partial charge in [-0.2, -0.15) is 0 Å². The molecule has 2 rings (SSSR count). The normalized spacial score (nSPS) is 10.3. The number of ether oxygens (including phenoxy) is 1. The van der Waals surface area contributed by atoms with Gasteiger partial charge in [0, 0.05) is 23.5 Å². The summed E-state index contributed by atoms with van der Waals surface area (Å²) in [6.45, 7) is 2.50. The third-order valence-electron chi connectivity index (χ3n) is 2.47. The summed E-state index contributed by atoms with van der Waals surface area (Å²) in [5.41, 5.74) is 7.97. The van der Waals surface area contributed by atoms with Crippen LogP contribution in [0.5, 0.6) is 5.75 Å². The molecule has 0 fully saturated rings. The van der Waals surface area contributed by atoms with Crippen LogP contribution >= 0.6 is 23.2 Å². The van der Waals surface area contributed by atoms with Crippen LogP contribution in [0.3, 0.4) is 0 Å². The van der Waals surface area contributed by atoms with Crippen molar-refractivity contribution in [2.24, 2.45) is 0 Å². The summed E-state index contributed by atoms with van der Waals surface area (Å²) in [6, 6.07) is 10.8. The molecule has 100 valence electrons. The average Bonchev–Trinajstić information content (AvgIpc) is 2.35.